The van der Waals surface area contributed by atoms with Crippen LogP contribution in [0.3, 0.4) is 0 Å². The van der Waals surface area contributed by atoms with E-state index in [1.165, 1.54) is 17.8 Å². The highest BCUT2D eigenvalue weighted by Gasteiger charge is 2.19. The van der Waals surface area contributed by atoms with E-state index in [0.717, 1.165) is 0 Å². The predicted molar refractivity (Wildman–Crippen MR) is 103 cm³/mol. The fraction of sp³-hybridized carbons (Fsp3) is 0.158. The van der Waals surface area contributed by atoms with Gasteiger partial charge in [-0.1, -0.05) is 36.0 Å². The van der Waals surface area contributed by atoms with Crippen molar-refractivity contribution in [2.45, 2.75) is 17.3 Å². The molecule has 0 unspecified atom stereocenters. The van der Waals surface area contributed by atoms with Crippen molar-refractivity contribution in [1.82, 2.24) is 24.7 Å². The minimum absolute atomic E-state index is 0.168. The molecule has 0 aliphatic heterocycles. The lowest BCUT2D eigenvalue weighted by Gasteiger charge is -2.11. The number of nitrogens with one attached hydrogen (secondary N) is 1. The third kappa shape index (κ3) is 3.23. The van der Waals surface area contributed by atoms with Crippen LogP contribution in [-0.2, 0) is 7.05 Å². The van der Waals surface area contributed by atoms with Crippen LogP contribution in [0.1, 0.15) is 18.0 Å². The van der Waals surface area contributed by atoms with Gasteiger partial charge in [-0.15, -0.1) is 10.2 Å². The normalized spacial score (nSPS) is 12.4. The Morgan fingerprint density at radius 2 is 1.85 bits per heavy atom. The number of benzene rings is 2. The topological polar surface area (TPSA) is 76.5 Å². The molecule has 0 bridgehead atoms. The second-order valence-electron chi connectivity index (χ2n) is 6.07. The van der Waals surface area contributed by atoms with Gasteiger partial charge in [-0.25, -0.2) is 9.37 Å². The molecule has 1 N–H and O–H groups in total. The number of thioether (sulfide) groups is 1. The summed E-state index contributed by atoms with van der Waals surface area (Å²) in [4.78, 5) is 19.6. The van der Waals surface area contributed by atoms with E-state index >= 15 is 0 Å². The Morgan fingerprint density at radius 1 is 1.11 bits per heavy atom. The van der Waals surface area contributed by atoms with Gasteiger partial charge in [-0.3, -0.25) is 4.79 Å². The lowest BCUT2D eigenvalue weighted by molar-refractivity contribution is 0.628. The van der Waals surface area contributed by atoms with E-state index in [2.05, 4.69) is 20.2 Å². The molecule has 4 aromatic rings. The maximum Gasteiger partial charge on any atom is 0.258 e. The highest BCUT2D eigenvalue weighted by atomic mass is 32.2. The van der Waals surface area contributed by atoms with E-state index in [-0.39, 0.29) is 16.6 Å². The number of rotatable bonds is 4. The van der Waals surface area contributed by atoms with Crippen molar-refractivity contribution in [2.24, 2.45) is 7.05 Å². The summed E-state index contributed by atoms with van der Waals surface area (Å²) >= 11 is 1.40. The van der Waals surface area contributed by atoms with E-state index in [1.807, 2.05) is 19.1 Å². The van der Waals surface area contributed by atoms with E-state index in [0.29, 0.717) is 33.3 Å². The summed E-state index contributed by atoms with van der Waals surface area (Å²) in [5.41, 5.74) is 0.867. The maximum atomic E-state index is 14.0. The molecule has 1 atom stereocenters. The van der Waals surface area contributed by atoms with Crippen molar-refractivity contribution in [1.29, 1.82) is 0 Å². The predicted octanol–water partition coefficient (Wildman–Crippen LogP) is 3.71. The summed E-state index contributed by atoms with van der Waals surface area (Å²) in [5, 5.41) is 9.29. The smallest absolute Gasteiger partial charge is 0.258 e. The van der Waals surface area contributed by atoms with E-state index in [4.69, 9.17) is 0 Å². The van der Waals surface area contributed by atoms with Gasteiger partial charge in [-0.2, -0.15) is 0 Å². The quantitative estimate of drug-likeness (QED) is 0.545. The molecule has 0 aliphatic rings. The third-order valence-corrected chi connectivity index (χ3v) is 5.39. The Hall–Kier alpha value is -3.00. The minimum Gasteiger partial charge on any atom is -0.309 e. The second-order valence-corrected chi connectivity index (χ2v) is 7.38. The number of nitrogens with zero attached hydrogens (tertiary/aromatic N) is 4. The molecule has 4 rings (SSSR count). The Bertz CT molecular complexity index is 1190. The molecule has 6 nitrogen and oxygen atoms in total. The van der Waals surface area contributed by atoms with Gasteiger partial charge in [0.25, 0.3) is 5.56 Å². The SMILES string of the molecule is C[C@H](Sc1nnc(-c2ccccc2F)n1C)c1nc2ccccc2c(=O)[nH]1. The number of para-hydroxylation sites is 1. The molecular formula is C19H16FN5OS. The zero-order chi connectivity index (χ0) is 19.0. The standard InChI is InChI=1S/C19H16FN5OS/c1-11(16-21-15-10-6-4-8-13(15)18(26)22-16)27-19-24-23-17(25(19)2)12-7-3-5-9-14(12)20/h3-11H,1-2H3,(H,21,22,26)/t11-/m0/s1. The van der Waals surface area contributed by atoms with Crippen LogP contribution < -0.4 is 5.56 Å². The molecule has 136 valence electrons. The minimum atomic E-state index is -0.349. The summed E-state index contributed by atoms with van der Waals surface area (Å²) in [7, 11) is 1.79. The highest BCUT2D eigenvalue weighted by Crippen LogP contribution is 2.33. The zero-order valence-corrected chi connectivity index (χ0v) is 15.5. The van der Waals surface area contributed by atoms with Crippen molar-refractivity contribution >= 4 is 22.7 Å². The molecule has 8 heteroatoms. The fourth-order valence-electron chi connectivity index (χ4n) is 2.81. The van der Waals surface area contributed by atoms with Crippen molar-refractivity contribution in [3.8, 4) is 11.4 Å². The average molecular weight is 381 g/mol. The first-order valence-electron chi connectivity index (χ1n) is 8.34. The number of hydrogen-bond donors (Lipinski definition) is 1. The molecule has 0 saturated heterocycles. The monoisotopic (exact) mass is 381 g/mol. The molecule has 0 saturated carbocycles. The van der Waals surface area contributed by atoms with Crippen LogP contribution in [0.15, 0.2) is 58.5 Å². The molecule has 0 aliphatic carbocycles. The first-order valence-corrected chi connectivity index (χ1v) is 9.22. The van der Waals surface area contributed by atoms with E-state index < -0.39 is 0 Å². The zero-order valence-electron chi connectivity index (χ0n) is 14.7. The van der Waals surface area contributed by atoms with Gasteiger partial charge in [0.05, 0.1) is 21.7 Å². The summed E-state index contributed by atoms with van der Waals surface area (Å²) < 4.78 is 15.8. The largest absolute Gasteiger partial charge is 0.309 e. The van der Waals surface area contributed by atoms with Crippen LogP contribution in [0.5, 0.6) is 0 Å². The number of fused-ring (bicyclic) bond motifs is 1. The molecular weight excluding hydrogens is 365 g/mol. The highest BCUT2D eigenvalue weighted by molar-refractivity contribution is 7.99. The third-order valence-electron chi connectivity index (χ3n) is 4.25. The van der Waals surface area contributed by atoms with Gasteiger partial charge in [0.1, 0.15) is 11.6 Å². The molecule has 0 amide bonds. The number of aromatic amines is 1. The van der Waals surface area contributed by atoms with Gasteiger partial charge in [0, 0.05) is 7.05 Å². The fourth-order valence-corrected chi connectivity index (χ4v) is 3.68. The first kappa shape index (κ1) is 17.4. The molecule has 0 radical (unpaired) electrons. The number of aromatic nitrogens is 5. The summed E-state index contributed by atoms with van der Waals surface area (Å²) in [6.45, 7) is 1.93. The molecule has 2 aromatic carbocycles. The number of hydrogen-bond acceptors (Lipinski definition) is 5. The molecule has 27 heavy (non-hydrogen) atoms. The lowest BCUT2D eigenvalue weighted by atomic mass is 10.2. The Balaban J connectivity index is 1.65. The van der Waals surface area contributed by atoms with Crippen LogP contribution >= 0.6 is 11.8 Å². The molecule has 0 fully saturated rings. The van der Waals surface area contributed by atoms with Gasteiger partial charge in [0.15, 0.2) is 11.0 Å². The maximum absolute atomic E-state index is 14.0. The molecule has 0 spiro atoms. The van der Waals surface area contributed by atoms with Gasteiger partial charge >= 0.3 is 0 Å². The van der Waals surface area contributed by atoms with E-state index in [1.54, 1.807) is 41.9 Å². The van der Waals surface area contributed by atoms with Crippen molar-refractivity contribution in [3.05, 3.63) is 70.5 Å². The van der Waals surface area contributed by atoms with Crippen LogP contribution in [0.4, 0.5) is 4.39 Å². The lowest BCUT2D eigenvalue weighted by Crippen LogP contribution is -2.13. The molecule has 2 heterocycles. The number of halogens is 1. The summed E-state index contributed by atoms with van der Waals surface area (Å²) in [6.07, 6.45) is 0. The Kier molecular flexibility index (Phi) is 4.49. The molecule has 2 aromatic heterocycles. The van der Waals surface area contributed by atoms with Crippen molar-refractivity contribution < 1.29 is 4.39 Å². The van der Waals surface area contributed by atoms with Crippen LogP contribution in [0.2, 0.25) is 0 Å². The van der Waals surface area contributed by atoms with Gasteiger partial charge in [0.2, 0.25) is 0 Å². The first-order chi connectivity index (χ1) is 13.0. The summed E-state index contributed by atoms with van der Waals surface area (Å²) in [6, 6.07) is 13.7. The van der Waals surface area contributed by atoms with Crippen LogP contribution in [0.25, 0.3) is 22.3 Å². The van der Waals surface area contributed by atoms with Crippen LogP contribution in [-0.4, -0.2) is 24.7 Å². The van der Waals surface area contributed by atoms with Crippen molar-refractivity contribution in [2.75, 3.05) is 0 Å². The Morgan fingerprint density at radius 3 is 2.67 bits per heavy atom. The van der Waals surface area contributed by atoms with Gasteiger partial charge < -0.3 is 9.55 Å². The summed E-state index contributed by atoms with van der Waals surface area (Å²) in [5.74, 6) is 0.653. The van der Waals surface area contributed by atoms with Gasteiger partial charge in [-0.05, 0) is 31.2 Å². The Labute approximate surface area is 158 Å². The average Bonchev–Trinajstić information content (AvgIpc) is 3.02. The van der Waals surface area contributed by atoms with Crippen molar-refractivity contribution in [3.63, 3.8) is 0 Å². The number of H-pyrrole nitrogens is 1. The second kappa shape index (κ2) is 6.96. The van der Waals surface area contributed by atoms with Crippen LogP contribution in [0, 0.1) is 5.82 Å². The van der Waals surface area contributed by atoms with E-state index in [9.17, 15) is 9.18 Å².